The summed E-state index contributed by atoms with van der Waals surface area (Å²) in [5.41, 5.74) is 1.37. The van der Waals surface area contributed by atoms with Crippen LogP contribution in [0.15, 0.2) is 29.2 Å². The summed E-state index contributed by atoms with van der Waals surface area (Å²) < 4.78 is 0. The fourth-order valence-electron chi connectivity index (χ4n) is 1.09. The zero-order valence-corrected chi connectivity index (χ0v) is 8.27. The van der Waals surface area contributed by atoms with Gasteiger partial charge in [0.2, 0.25) is 0 Å². The predicted molar refractivity (Wildman–Crippen MR) is 55.9 cm³/mol. The molecule has 0 amide bonds. The van der Waals surface area contributed by atoms with Gasteiger partial charge in [-0.2, -0.15) is 0 Å². The molecule has 2 N–H and O–H groups in total. The summed E-state index contributed by atoms with van der Waals surface area (Å²) in [7, 11) is 0. The molecule has 0 atom stereocenters. The summed E-state index contributed by atoms with van der Waals surface area (Å²) in [6.45, 7) is 2.21. The van der Waals surface area contributed by atoms with Gasteiger partial charge in [0.25, 0.3) is 0 Å². The van der Waals surface area contributed by atoms with Gasteiger partial charge < -0.3 is 5.48 Å². The Morgan fingerprint density at radius 1 is 1.25 bits per heavy atom. The van der Waals surface area contributed by atoms with Crippen LogP contribution in [0.25, 0.3) is 0 Å². The Morgan fingerprint density at radius 2 is 1.92 bits per heavy atom. The van der Waals surface area contributed by atoms with E-state index < -0.39 is 0 Å². The highest BCUT2D eigenvalue weighted by molar-refractivity contribution is 7.80. The number of hydrogen-bond acceptors (Lipinski definition) is 1. The molecule has 1 nitrogen and oxygen atoms in total. The van der Waals surface area contributed by atoms with E-state index in [-0.39, 0.29) is 5.48 Å². The normalized spacial score (nSPS) is 9.17. The first kappa shape index (κ1) is 11.5. The lowest BCUT2D eigenvalue weighted by Gasteiger charge is -2.01. The van der Waals surface area contributed by atoms with Crippen LogP contribution in [-0.2, 0) is 6.42 Å². The molecule has 0 aliphatic heterocycles. The summed E-state index contributed by atoms with van der Waals surface area (Å²) in [6.07, 6.45) is 3.68. The maximum absolute atomic E-state index is 4.37. The monoisotopic (exact) mass is 184 g/mol. The highest BCUT2D eigenvalue weighted by atomic mass is 32.1. The first-order valence-electron chi connectivity index (χ1n) is 4.11. The first-order chi connectivity index (χ1) is 5.34. The van der Waals surface area contributed by atoms with Gasteiger partial charge in [0, 0.05) is 4.90 Å². The van der Waals surface area contributed by atoms with Crippen molar-refractivity contribution in [1.29, 1.82) is 0 Å². The van der Waals surface area contributed by atoms with Gasteiger partial charge in [-0.05, 0) is 24.5 Å². The van der Waals surface area contributed by atoms with Crippen molar-refractivity contribution in [3.63, 3.8) is 0 Å². The second kappa shape index (κ2) is 6.09. The maximum atomic E-state index is 4.37. The molecule has 68 valence electrons. The molecule has 1 aromatic carbocycles. The van der Waals surface area contributed by atoms with Crippen LogP contribution in [0.1, 0.15) is 25.3 Å². The second-order valence-electron chi connectivity index (χ2n) is 2.73. The molecule has 0 aromatic heterocycles. The number of benzene rings is 1. The van der Waals surface area contributed by atoms with Gasteiger partial charge in [0.1, 0.15) is 0 Å². The molecule has 0 heterocycles. The fraction of sp³-hybridized carbons (Fsp3) is 0.400. The van der Waals surface area contributed by atoms with Gasteiger partial charge in [-0.25, -0.2) is 0 Å². The van der Waals surface area contributed by atoms with Crippen molar-refractivity contribution in [3.8, 4) is 0 Å². The van der Waals surface area contributed by atoms with Crippen LogP contribution in [-0.4, -0.2) is 5.48 Å². The Kier molecular flexibility index (Phi) is 5.85. The van der Waals surface area contributed by atoms with E-state index >= 15 is 0 Å². The van der Waals surface area contributed by atoms with Gasteiger partial charge in [-0.3, -0.25) is 0 Å². The fourth-order valence-corrected chi connectivity index (χ4v) is 1.36. The molecule has 0 aliphatic carbocycles. The van der Waals surface area contributed by atoms with Crippen LogP contribution >= 0.6 is 12.6 Å². The molecule has 2 heteroatoms. The van der Waals surface area contributed by atoms with Crippen LogP contribution < -0.4 is 0 Å². The summed E-state index contributed by atoms with van der Waals surface area (Å²) in [5.74, 6) is 0. The molecule has 0 unspecified atom stereocenters. The van der Waals surface area contributed by atoms with Crippen molar-refractivity contribution in [2.75, 3.05) is 0 Å². The zero-order chi connectivity index (χ0) is 8.10. The Morgan fingerprint density at radius 3 is 2.50 bits per heavy atom. The highest BCUT2D eigenvalue weighted by Crippen LogP contribution is 2.14. The molecule has 0 bridgehead atoms. The largest absolute Gasteiger partial charge is 0.412 e. The van der Waals surface area contributed by atoms with E-state index in [4.69, 9.17) is 0 Å². The van der Waals surface area contributed by atoms with Crippen molar-refractivity contribution in [3.05, 3.63) is 29.8 Å². The minimum absolute atomic E-state index is 0. The number of rotatable bonds is 3. The third-order valence-corrected chi connectivity index (χ3v) is 2.23. The molecule has 0 saturated carbocycles. The van der Waals surface area contributed by atoms with Crippen LogP contribution in [0.5, 0.6) is 0 Å². The van der Waals surface area contributed by atoms with E-state index in [1.54, 1.807) is 0 Å². The second-order valence-corrected chi connectivity index (χ2v) is 3.21. The molecular formula is C10H16OS. The minimum Gasteiger partial charge on any atom is -0.412 e. The molecule has 1 rings (SSSR count). The van der Waals surface area contributed by atoms with Crippen molar-refractivity contribution < 1.29 is 5.48 Å². The smallest absolute Gasteiger partial charge is 0.00720 e. The molecule has 1 aromatic rings. The summed E-state index contributed by atoms with van der Waals surface area (Å²) in [4.78, 5) is 1.13. The third-order valence-electron chi connectivity index (χ3n) is 1.79. The third kappa shape index (κ3) is 3.28. The topological polar surface area (TPSA) is 31.5 Å². The maximum Gasteiger partial charge on any atom is 0.00720 e. The van der Waals surface area contributed by atoms with Crippen molar-refractivity contribution in [1.82, 2.24) is 0 Å². The zero-order valence-electron chi connectivity index (χ0n) is 7.38. The van der Waals surface area contributed by atoms with E-state index in [0.717, 1.165) is 11.3 Å². The number of aryl methyl sites for hydroxylation is 1. The molecule has 0 aliphatic rings. The number of hydrogen-bond donors (Lipinski definition) is 1. The molecule has 0 saturated heterocycles. The van der Waals surface area contributed by atoms with E-state index in [0.29, 0.717) is 0 Å². The first-order valence-corrected chi connectivity index (χ1v) is 4.56. The van der Waals surface area contributed by atoms with E-state index in [2.05, 4.69) is 31.7 Å². The molecular weight excluding hydrogens is 168 g/mol. The molecule has 12 heavy (non-hydrogen) atoms. The summed E-state index contributed by atoms with van der Waals surface area (Å²) in [5, 5.41) is 0. The van der Waals surface area contributed by atoms with Gasteiger partial charge >= 0.3 is 0 Å². The van der Waals surface area contributed by atoms with Crippen molar-refractivity contribution in [2.24, 2.45) is 0 Å². The van der Waals surface area contributed by atoms with E-state index in [1.165, 1.54) is 18.4 Å². The van der Waals surface area contributed by atoms with Crippen LogP contribution in [0, 0.1) is 0 Å². The summed E-state index contributed by atoms with van der Waals surface area (Å²) >= 11 is 4.37. The van der Waals surface area contributed by atoms with Gasteiger partial charge in [-0.1, -0.05) is 31.5 Å². The lowest BCUT2D eigenvalue weighted by molar-refractivity contribution is 0.785. The minimum atomic E-state index is 0. The average molecular weight is 184 g/mol. The quantitative estimate of drug-likeness (QED) is 0.700. The number of unbranched alkanes of at least 4 members (excludes halogenated alkanes) is 1. The predicted octanol–water partition coefficient (Wildman–Crippen LogP) is 2.49. The Bertz CT molecular complexity index is 223. The van der Waals surface area contributed by atoms with Gasteiger partial charge in [0.05, 0.1) is 0 Å². The van der Waals surface area contributed by atoms with Crippen LogP contribution in [0.4, 0.5) is 0 Å². The Labute approximate surface area is 79.5 Å². The van der Waals surface area contributed by atoms with E-state index in [1.807, 2.05) is 12.1 Å². The molecule has 0 spiro atoms. The van der Waals surface area contributed by atoms with Crippen LogP contribution in [0.2, 0.25) is 0 Å². The Hall–Kier alpha value is -0.470. The molecule has 0 radical (unpaired) electrons. The number of thiol groups is 1. The van der Waals surface area contributed by atoms with Gasteiger partial charge in [0.15, 0.2) is 0 Å². The SMILES string of the molecule is CCCCc1ccccc1S.O. The summed E-state index contributed by atoms with van der Waals surface area (Å²) in [6, 6.07) is 8.30. The standard InChI is InChI=1S/C10H14S.H2O/c1-2-3-6-9-7-4-5-8-10(9)11;/h4-5,7-8,11H,2-3,6H2,1H3;1H2. The van der Waals surface area contributed by atoms with Crippen molar-refractivity contribution >= 4 is 12.6 Å². The van der Waals surface area contributed by atoms with E-state index in [9.17, 15) is 0 Å². The van der Waals surface area contributed by atoms with Crippen molar-refractivity contribution in [2.45, 2.75) is 31.1 Å². The van der Waals surface area contributed by atoms with Crippen LogP contribution in [0.3, 0.4) is 0 Å². The van der Waals surface area contributed by atoms with Gasteiger partial charge in [-0.15, -0.1) is 12.6 Å². The molecule has 0 fully saturated rings. The Balaban J connectivity index is 0.00000121. The lowest BCUT2D eigenvalue weighted by atomic mass is 10.1. The average Bonchev–Trinajstić information content (AvgIpc) is 2.03. The highest BCUT2D eigenvalue weighted by Gasteiger charge is 1.94. The lowest BCUT2D eigenvalue weighted by Crippen LogP contribution is -1.85.